The number of rotatable bonds is 4. The molecule has 0 saturated heterocycles. The van der Waals surface area contributed by atoms with Gasteiger partial charge in [-0.1, -0.05) is 6.07 Å². The van der Waals surface area contributed by atoms with Gasteiger partial charge in [0.05, 0.1) is 17.8 Å². The molecule has 0 bridgehead atoms. The zero-order valence-electron chi connectivity index (χ0n) is 22.7. The number of carbonyl (C=O) groups is 3. The average molecular weight is 507 g/mol. The van der Waals surface area contributed by atoms with Crippen LogP contribution in [0, 0.1) is 13.8 Å². The van der Waals surface area contributed by atoms with Crippen LogP contribution in [0.15, 0.2) is 24.4 Å². The van der Waals surface area contributed by atoms with Crippen LogP contribution in [0.25, 0.3) is 5.65 Å². The van der Waals surface area contributed by atoms with Gasteiger partial charge >= 0.3 is 11.9 Å². The van der Waals surface area contributed by atoms with E-state index in [9.17, 15) is 14.4 Å². The van der Waals surface area contributed by atoms with Crippen LogP contribution in [0.1, 0.15) is 108 Å². The van der Waals surface area contributed by atoms with Crippen LogP contribution in [0.2, 0.25) is 0 Å². The summed E-state index contributed by atoms with van der Waals surface area (Å²) >= 11 is 0. The van der Waals surface area contributed by atoms with Gasteiger partial charge in [-0.3, -0.25) is 4.79 Å². The minimum atomic E-state index is -0.674. The molecular weight excluding hydrogens is 472 g/mol. The first kappa shape index (κ1) is 26.3. The maximum absolute atomic E-state index is 13.4. The standard InChI is InChI=1S/C28H34N4O5/c1-15-13-22(32-23(30-15)20(14-29-32)26(35)37-28(6,7)8)24(33)31-21-12-11-17-16(2)18(9-10-19(17)21)25(34)36-27(3,4)5/h9-10,13-14,21H,11-12H2,1-8H3,(H,31,33)/t21-/m0/s1. The molecular formula is C28H34N4O5. The molecule has 0 saturated carbocycles. The van der Waals surface area contributed by atoms with Crippen molar-refractivity contribution < 1.29 is 23.9 Å². The largest absolute Gasteiger partial charge is 0.456 e. The predicted octanol–water partition coefficient (Wildman–Crippen LogP) is 4.67. The van der Waals surface area contributed by atoms with Crippen LogP contribution in [-0.4, -0.2) is 43.6 Å². The summed E-state index contributed by atoms with van der Waals surface area (Å²) in [5, 5.41) is 7.37. The van der Waals surface area contributed by atoms with Gasteiger partial charge < -0.3 is 14.8 Å². The van der Waals surface area contributed by atoms with Crippen LogP contribution in [0.4, 0.5) is 0 Å². The smallest absolute Gasteiger partial charge is 0.344 e. The molecule has 4 rings (SSSR count). The molecule has 9 nitrogen and oxygen atoms in total. The molecule has 0 spiro atoms. The Labute approximate surface area is 216 Å². The fourth-order valence-electron chi connectivity index (χ4n) is 4.54. The van der Waals surface area contributed by atoms with Gasteiger partial charge in [0.25, 0.3) is 5.91 Å². The molecule has 2 aromatic heterocycles. The van der Waals surface area contributed by atoms with Crippen molar-refractivity contribution >= 4 is 23.5 Å². The number of hydrogen-bond acceptors (Lipinski definition) is 7. The maximum Gasteiger partial charge on any atom is 0.344 e. The second-order valence-electron chi connectivity index (χ2n) is 11.5. The van der Waals surface area contributed by atoms with Gasteiger partial charge in [-0.25, -0.2) is 19.1 Å². The third-order valence-electron chi connectivity index (χ3n) is 6.07. The third kappa shape index (κ3) is 5.50. The van der Waals surface area contributed by atoms with Gasteiger partial charge in [-0.15, -0.1) is 0 Å². The summed E-state index contributed by atoms with van der Waals surface area (Å²) in [5.74, 6) is -1.23. The van der Waals surface area contributed by atoms with Gasteiger partial charge in [0.2, 0.25) is 0 Å². The van der Waals surface area contributed by atoms with E-state index in [0.29, 0.717) is 17.7 Å². The van der Waals surface area contributed by atoms with Crippen molar-refractivity contribution in [1.82, 2.24) is 19.9 Å². The van der Waals surface area contributed by atoms with Crippen molar-refractivity contribution in [1.29, 1.82) is 0 Å². The van der Waals surface area contributed by atoms with Crippen molar-refractivity contribution in [3.05, 3.63) is 63.6 Å². The Balaban J connectivity index is 1.60. The molecule has 0 unspecified atom stereocenters. The third-order valence-corrected chi connectivity index (χ3v) is 6.07. The molecule has 1 atom stereocenters. The lowest BCUT2D eigenvalue weighted by Crippen LogP contribution is -2.29. The maximum atomic E-state index is 13.4. The topological polar surface area (TPSA) is 112 Å². The Bertz CT molecular complexity index is 1410. The Morgan fingerprint density at radius 3 is 2.22 bits per heavy atom. The Morgan fingerprint density at radius 2 is 1.59 bits per heavy atom. The number of aromatic nitrogens is 3. The molecule has 2 heterocycles. The van der Waals surface area contributed by atoms with E-state index in [1.54, 1.807) is 39.8 Å². The van der Waals surface area contributed by atoms with E-state index in [0.717, 1.165) is 23.1 Å². The fourth-order valence-corrected chi connectivity index (χ4v) is 4.54. The lowest BCUT2D eigenvalue weighted by Gasteiger charge is -2.21. The number of benzene rings is 1. The van der Waals surface area contributed by atoms with E-state index in [1.165, 1.54) is 10.7 Å². The number of nitrogens with zero attached hydrogens (tertiary/aromatic N) is 3. The van der Waals surface area contributed by atoms with Crippen molar-refractivity contribution in [3.8, 4) is 0 Å². The number of amides is 1. The molecule has 9 heteroatoms. The van der Waals surface area contributed by atoms with Crippen LogP contribution >= 0.6 is 0 Å². The molecule has 0 fully saturated rings. The summed E-state index contributed by atoms with van der Waals surface area (Å²) in [4.78, 5) is 43.2. The minimum Gasteiger partial charge on any atom is -0.456 e. The number of hydrogen-bond donors (Lipinski definition) is 1. The van der Waals surface area contributed by atoms with Crippen molar-refractivity contribution in [2.75, 3.05) is 0 Å². The zero-order chi connectivity index (χ0) is 27.3. The molecule has 0 radical (unpaired) electrons. The highest BCUT2D eigenvalue weighted by molar-refractivity contribution is 5.98. The fraction of sp³-hybridized carbons (Fsp3) is 0.464. The molecule has 0 aliphatic heterocycles. The minimum absolute atomic E-state index is 0.198. The molecule has 1 aromatic carbocycles. The first-order valence-electron chi connectivity index (χ1n) is 12.4. The zero-order valence-corrected chi connectivity index (χ0v) is 22.7. The highest BCUT2D eigenvalue weighted by atomic mass is 16.6. The number of fused-ring (bicyclic) bond motifs is 2. The van der Waals surface area contributed by atoms with Crippen LogP contribution < -0.4 is 5.32 Å². The Kier molecular flexibility index (Phi) is 6.60. The number of aryl methyl sites for hydroxylation is 1. The predicted molar refractivity (Wildman–Crippen MR) is 138 cm³/mol. The molecule has 1 aliphatic carbocycles. The Hall–Kier alpha value is -3.75. The SMILES string of the molecule is Cc1cc(C(=O)N[C@H]2CCc3c2ccc(C(=O)OC(C)(C)C)c3C)n2ncc(C(=O)OC(C)(C)C)c2n1. The summed E-state index contributed by atoms with van der Waals surface area (Å²) < 4.78 is 12.4. The number of carbonyl (C=O) groups excluding carboxylic acids is 3. The van der Waals surface area contributed by atoms with Gasteiger partial charge in [-0.05, 0) is 97.1 Å². The van der Waals surface area contributed by atoms with Gasteiger partial charge in [0.15, 0.2) is 5.65 Å². The van der Waals surface area contributed by atoms with Crippen LogP contribution in [-0.2, 0) is 15.9 Å². The van der Waals surface area contributed by atoms with Crippen molar-refractivity contribution in [3.63, 3.8) is 0 Å². The van der Waals surface area contributed by atoms with Crippen LogP contribution in [0.3, 0.4) is 0 Å². The summed E-state index contributed by atoms with van der Waals surface area (Å²) in [6, 6.07) is 5.07. The van der Waals surface area contributed by atoms with E-state index in [-0.39, 0.29) is 34.8 Å². The number of ether oxygens (including phenoxy) is 2. The summed E-state index contributed by atoms with van der Waals surface area (Å²) in [5.41, 5.74) is 3.51. The molecule has 196 valence electrons. The second-order valence-corrected chi connectivity index (χ2v) is 11.5. The van der Waals surface area contributed by atoms with Crippen molar-refractivity contribution in [2.45, 2.75) is 85.5 Å². The summed E-state index contributed by atoms with van der Waals surface area (Å²) in [7, 11) is 0. The van der Waals surface area contributed by atoms with E-state index < -0.39 is 17.2 Å². The molecule has 3 aromatic rings. The normalized spacial score (nSPS) is 15.4. The number of esters is 2. The van der Waals surface area contributed by atoms with Crippen LogP contribution in [0.5, 0.6) is 0 Å². The van der Waals surface area contributed by atoms with E-state index in [2.05, 4.69) is 15.4 Å². The highest BCUT2D eigenvalue weighted by Gasteiger charge is 2.30. The Morgan fingerprint density at radius 1 is 0.973 bits per heavy atom. The van der Waals surface area contributed by atoms with Gasteiger partial charge in [-0.2, -0.15) is 5.10 Å². The molecule has 1 amide bonds. The second kappa shape index (κ2) is 9.28. The van der Waals surface area contributed by atoms with Gasteiger partial charge in [0.1, 0.15) is 22.5 Å². The lowest BCUT2D eigenvalue weighted by molar-refractivity contribution is 0.00573. The van der Waals surface area contributed by atoms with E-state index in [1.807, 2.05) is 33.8 Å². The molecule has 1 aliphatic rings. The first-order valence-corrected chi connectivity index (χ1v) is 12.4. The van der Waals surface area contributed by atoms with Gasteiger partial charge in [0, 0.05) is 5.69 Å². The summed E-state index contributed by atoms with van der Waals surface area (Å²) in [6.07, 6.45) is 2.81. The summed E-state index contributed by atoms with van der Waals surface area (Å²) in [6.45, 7) is 14.5. The lowest BCUT2D eigenvalue weighted by atomic mass is 9.97. The monoisotopic (exact) mass is 506 g/mol. The van der Waals surface area contributed by atoms with Crippen molar-refractivity contribution in [2.24, 2.45) is 0 Å². The number of nitrogens with one attached hydrogen (secondary N) is 1. The van der Waals surface area contributed by atoms with E-state index >= 15 is 0 Å². The highest BCUT2D eigenvalue weighted by Crippen LogP contribution is 2.35. The molecule has 37 heavy (non-hydrogen) atoms. The van der Waals surface area contributed by atoms with E-state index in [4.69, 9.17) is 9.47 Å². The quantitative estimate of drug-likeness (QED) is 0.512. The molecule has 1 N–H and O–H groups in total. The first-order chi connectivity index (χ1) is 17.1. The average Bonchev–Trinajstić information content (AvgIpc) is 3.35.